The van der Waals surface area contributed by atoms with Crippen LogP contribution in [0.1, 0.15) is 12.0 Å². The summed E-state index contributed by atoms with van der Waals surface area (Å²) in [5.41, 5.74) is 1.15. The molecule has 114 valence electrons. The molecule has 0 unspecified atom stereocenters. The molecule has 0 spiro atoms. The fraction of sp³-hybridized carbons (Fsp3) is 0.467. The molecule has 0 aliphatic heterocycles. The molecule has 2 N–H and O–H groups in total. The maximum Gasteiger partial charge on any atom is 0.0945 e. The summed E-state index contributed by atoms with van der Waals surface area (Å²) in [5.74, 6) is 0. The number of pyridine rings is 1. The summed E-state index contributed by atoms with van der Waals surface area (Å²) in [6.07, 6.45) is 9.29. The van der Waals surface area contributed by atoms with Gasteiger partial charge in [0.15, 0.2) is 0 Å². The van der Waals surface area contributed by atoms with Gasteiger partial charge in [-0.2, -0.15) is 0 Å². The molecule has 0 bridgehead atoms. The van der Waals surface area contributed by atoms with Crippen LogP contribution < -0.4 is 0 Å². The minimum absolute atomic E-state index is 0.214. The Bertz CT molecular complexity index is 490. The van der Waals surface area contributed by atoms with E-state index in [2.05, 4.69) is 14.9 Å². The molecule has 2 aromatic heterocycles. The Morgan fingerprint density at radius 2 is 2.00 bits per heavy atom. The molecule has 0 amide bonds. The first-order valence-electron chi connectivity index (χ1n) is 7.14. The van der Waals surface area contributed by atoms with Crippen molar-refractivity contribution in [1.29, 1.82) is 0 Å². The van der Waals surface area contributed by atoms with E-state index in [0.29, 0.717) is 6.54 Å². The molecule has 0 aliphatic rings. The fourth-order valence-electron chi connectivity index (χ4n) is 2.23. The van der Waals surface area contributed by atoms with Gasteiger partial charge in [-0.25, -0.2) is 4.98 Å². The highest BCUT2D eigenvalue weighted by Gasteiger charge is 2.11. The van der Waals surface area contributed by atoms with E-state index in [1.165, 1.54) is 0 Å². The number of rotatable bonds is 9. The molecule has 0 saturated carbocycles. The standard InChI is InChI=1S/C15H22N4O2/c20-12-15(21)11-19(10-14-2-4-16-5-3-14)8-1-7-18-9-6-17-13-18/h2-6,9,13,15,20-21H,1,7-8,10-12H2/t15-/m0/s1. The van der Waals surface area contributed by atoms with Crippen molar-refractivity contribution in [2.75, 3.05) is 19.7 Å². The summed E-state index contributed by atoms with van der Waals surface area (Å²) < 4.78 is 2.03. The molecule has 2 rings (SSSR count). The maximum absolute atomic E-state index is 9.67. The lowest BCUT2D eigenvalue weighted by Crippen LogP contribution is -2.35. The van der Waals surface area contributed by atoms with Gasteiger partial charge < -0.3 is 14.8 Å². The SMILES string of the molecule is OC[C@@H](O)CN(CCCn1ccnc1)Cc1ccncc1. The summed E-state index contributed by atoms with van der Waals surface area (Å²) in [6.45, 7) is 2.72. The largest absolute Gasteiger partial charge is 0.394 e. The third kappa shape index (κ3) is 5.63. The van der Waals surface area contributed by atoms with Crippen LogP contribution in [0.4, 0.5) is 0 Å². The third-order valence-corrected chi connectivity index (χ3v) is 3.29. The minimum Gasteiger partial charge on any atom is -0.394 e. The van der Waals surface area contributed by atoms with Crippen LogP contribution in [0.15, 0.2) is 43.2 Å². The monoisotopic (exact) mass is 290 g/mol. The molecule has 2 heterocycles. The number of aliphatic hydroxyl groups is 2. The Hall–Kier alpha value is -1.76. The number of imidazole rings is 1. The number of aryl methyl sites for hydroxylation is 1. The lowest BCUT2D eigenvalue weighted by Gasteiger charge is -2.24. The van der Waals surface area contributed by atoms with Gasteiger partial charge in [-0.15, -0.1) is 0 Å². The Labute approximate surface area is 124 Å². The van der Waals surface area contributed by atoms with Gasteiger partial charge in [0.2, 0.25) is 0 Å². The number of hydrogen-bond donors (Lipinski definition) is 2. The van der Waals surface area contributed by atoms with Crippen LogP contribution in [0.3, 0.4) is 0 Å². The van der Waals surface area contributed by atoms with E-state index in [0.717, 1.165) is 31.6 Å². The molecule has 0 saturated heterocycles. The summed E-state index contributed by atoms with van der Waals surface area (Å²) >= 11 is 0. The van der Waals surface area contributed by atoms with Crippen LogP contribution in [0.25, 0.3) is 0 Å². The molecule has 6 nitrogen and oxygen atoms in total. The highest BCUT2D eigenvalue weighted by Crippen LogP contribution is 2.06. The van der Waals surface area contributed by atoms with Gasteiger partial charge in [-0.1, -0.05) is 0 Å². The molecule has 6 heteroatoms. The van der Waals surface area contributed by atoms with Crippen LogP contribution in [0, 0.1) is 0 Å². The van der Waals surface area contributed by atoms with Crippen molar-refractivity contribution in [3.8, 4) is 0 Å². The van der Waals surface area contributed by atoms with Crippen molar-refractivity contribution in [3.63, 3.8) is 0 Å². The Kier molecular flexibility index (Phi) is 6.33. The highest BCUT2D eigenvalue weighted by molar-refractivity contribution is 5.09. The molecule has 21 heavy (non-hydrogen) atoms. The van der Waals surface area contributed by atoms with Gasteiger partial charge in [-0.05, 0) is 24.1 Å². The average molecular weight is 290 g/mol. The molecular formula is C15H22N4O2. The molecule has 0 aromatic carbocycles. The van der Waals surface area contributed by atoms with E-state index >= 15 is 0 Å². The molecular weight excluding hydrogens is 268 g/mol. The molecule has 2 aromatic rings. The molecule has 1 atom stereocenters. The van der Waals surface area contributed by atoms with Crippen LogP contribution in [-0.4, -0.2) is 55.4 Å². The lowest BCUT2D eigenvalue weighted by molar-refractivity contribution is 0.0559. The third-order valence-electron chi connectivity index (χ3n) is 3.29. The van der Waals surface area contributed by atoms with E-state index in [9.17, 15) is 5.11 Å². The van der Waals surface area contributed by atoms with Gasteiger partial charge in [0.1, 0.15) is 0 Å². The van der Waals surface area contributed by atoms with Gasteiger partial charge in [0, 0.05) is 51.0 Å². The second kappa shape index (κ2) is 8.51. The summed E-state index contributed by atoms with van der Waals surface area (Å²) in [6, 6.07) is 3.93. The summed E-state index contributed by atoms with van der Waals surface area (Å²) in [4.78, 5) is 10.2. The Morgan fingerprint density at radius 3 is 2.67 bits per heavy atom. The predicted molar refractivity (Wildman–Crippen MR) is 79.5 cm³/mol. The second-order valence-corrected chi connectivity index (χ2v) is 5.08. The first-order valence-corrected chi connectivity index (χ1v) is 7.14. The normalized spacial score (nSPS) is 12.7. The Balaban J connectivity index is 1.85. The highest BCUT2D eigenvalue weighted by atomic mass is 16.3. The van der Waals surface area contributed by atoms with Crippen molar-refractivity contribution in [2.24, 2.45) is 0 Å². The van der Waals surface area contributed by atoms with Gasteiger partial charge >= 0.3 is 0 Å². The topological polar surface area (TPSA) is 74.4 Å². The van der Waals surface area contributed by atoms with Gasteiger partial charge in [0.25, 0.3) is 0 Å². The lowest BCUT2D eigenvalue weighted by atomic mass is 10.2. The average Bonchev–Trinajstić information content (AvgIpc) is 3.01. The van der Waals surface area contributed by atoms with Gasteiger partial charge in [0.05, 0.1) is 19.0 Å². The number of aromatic nitrogens is 3. The fourth-order valence-corrected chi connectivity index (χ4v) is 2.23. The first kappa shape index (κ1) is 15.6. The van der Waals surface area contributed by atoms with Crippen molar-refractivity contribution in [3.05, 3.63) is 48.8 Å². The van der Waals surface area contributed by atoms with Crippen LogP contribution in [0.5, 0.6) is 0 Å². The summed E-state index contributed by atoms with van der Waals surface area (Å²) in [5, 5.41) is 18.7. The number of nitrogens with zero attached hydrogens (tertiary/aromatic N) is 4. The van der Waals surface area contributed by atoms with Crippen molar-refractivity contribution < 1.29 is 10.2 Å². The van der Waals surface area contributed by atoms with E-state index in [1.54, 1.807) is 24.9 Å². The zero-order valence-corrected chi connectivity index (χ0v) is 12.0. The quantitative estimate of drug-likeness (QED) is 0.704. The van der Waals surface area contributed by atoms with Gasteiger partial charge in [-0.3, -0.25) is 9.88 Å². The second-order valence-electron chi connectivity index (χ2n) is 5.08. The van der Waals surface area contributed by atoms with Crippen LogP contribution >= 0.6 is 0 Å². The zero-order chi connectivity index (χ0) is 14.9. The predicted octanol–water partition coefficient (Wildman–Crippen LogP) is 0.524. The maximum atomic E-state index is 9.67. The van der Waals surface area contributed by atoms with E-state index in [1.807, 2.05) is 22.9 Å². The number of hydrogen-bond acceptors (Lipinski definition) is 5. The smallest absolute Gasteiger partial charge is 0.0945 e. The van der Waals surface area contributed by atoms with E-state index in [4.69, 9.17) is 5.11 Å². The number of aliphatic hydroxyl groups excluding tert-OH is 2. The van der Waals surface area contributed by atoms with Crippen LogP contribution in [0.2, 0.25) is 0 Å². The Morgan fingerprint density at radius 1 is 1.19 bits per heavy atom. The van der Waals surface area contributed by atoms with E-state index < -0.39 is 6.10 Å². The molecule has 0 radical (unpaired) electrons. The van der Waals surface area contributed by atoms with Crippen LogP contribution in [-0.2, 0) is 13.1 Å². The zero-order valence-electron chi connectivity index (χ0n) is 12.0. The minimum atomic E-state index is -0.708. The first-order chi connectivity index (χ1) is 10.3. The molecule has 0 fully saturated rings. The molecule has 0 aliphatic carbocycles. The summed E-state index contributed by atoms with van der Waals surface area (Å²) in [7, 11) is 0. The van der Waals surface area contributed by atoms with Crippen molar-refractivity contribution in [1.82, 2.24) is 19.4 Å². The van der Waals surface area contributed by atoms with Crippen molar-refractivity contribution in [2.45, 2.75) is 25.6 Å². The van der Waals surface area contributed by atoms with Crippen molar-refractivity contribution >= 4 is 0 Å². The van der Waals surface area contributed by atoms with E-state index in [-0.39, 0.29) is 6.61 Å².